The fourth-order valence-corrected chi connectivity index (χ4v) is 2.77. The molecule has 0 aliphatic rings. The first-order valence-corrected chi connectivity index (χ1v) is 8.13. The van der Waals surface area contributed by atoms with Gasteiger partial charge in [0.05, 0.1) is 12.8 Å². The van der Waals surface area contributed by atoms with E-state index in [9.17, 15) is 4.79 Å². The number of carbonyl (C=O) groups is 1. The second-order valence-electron chi connectivity index (χ2n) is 5.80. The van der Waals surface area contributed by atoms with E-state index in [1.807, 2.05) is 20.2 Å². The number of fused-ring (bicyclic) bond motifs is 1. The molecule has 0 fully saturated rings. The number of nitrogens with zero attached hydrogens (tertiary/aromatic N) is 6. The molecule has 0 unspecified atom stereocenters. The highest BCUT2D eigenvalue weighted by molar-refractivity contribution is 6.36. The molecule has 3 heterocycles. The summed E-state index contributed by atoms with van der Waals surface area (Å²) < 4.78 is 8.35. The number of halogens is 1. The van der Waals surface area contributed by atoms with Gasteiger partial charge in [-0.3, -0.25) is 9.48 Å². The first kappa shape index (κ1) is 17.4. The molecule has 0 aromatic carbocycles. The third kappa shape index (κ3) is 3.64. The first-order chi connectivity index (χ1) is 12.0. The van der Waals surface area contributed by atoms with E-state index in [4.69, 9.17) is 16.3 Å². The molecule has 25 heavy (non-hydrogen) atoms. The summed E-state index contributed by atoms with van der Waals surface area (Å²) in [4.78, 5) is 18.9. The average Bonchev–Trinajstić information content (AvgIpc) is 3.14. The van der Waals surface area contributed by atoms with Crippen molar-refractivity contribution >= 4 is 23.2 Å². The van der Waals surface area contributed by atoms with Crippen LogP contribution in [0.3, 0.4) is 0 Å². The van der Waals surface area contributed by atoms with Gasteiger partial charge in [0, 0.05) is 51.4 Å². The maximum atomic E-state index is 13.0. The van der Waals surface area contributed by atoms with Gasteiger partial charge in [-0.05, 0) is 12.5 Å². The lowest BCUT2D eigenvalue weighted by atomic mass is 10.3. The van der Waals surface area contributed by atoms with E-state index in [2.05, 4.69) is 15.2 Å². The van der Waals surface area contributed by atoms with Gasteiger partial charge in [-0.1, -0.05) is 11.6 Å². The number of carbonyl (C=O) groups excluding carboxylic acids is 1. The summed E-state index contributed by atoms with van der Waals surface area (Å²) >= 11 is 6.35. The Labute approximate surface area is 150 Å². The van der Waals surface area contributed by atoms with E-state index in [-0.39, 0.29) is 16.6 Å². The Morgan fingerprint density at radius 3 is 2.84 bits per heavy atom. The number of methoxy groups -OCH3 is 1. The molecule has 3 rings (SSSR count). The van der Waals surface area contributed by atoms with Crippen molar-refractivity contribution in [3.05, 3.63) is 46.6 Å². The van der Waals surface area contributed by atoms with Crippen LogP contribution in [0, 0.1) is 6.92 Å². The van der Waals surface area contributed by atoms with Gasteiger partial charge in [0.25, 0.3) is 5.91 Å². The van der Waals surface area contributed by atoms with Crippen LogP contribution >= 0.6 is 11.6 Å². The summed E-state index contributed by atoms with van der Waals surface area (Å²) in [6, 6.07) is 0. The zero-order chi connectivity index (χ0) is 18.0. The molecule has 0 saturated carbocycles. The van der Waals surface area contributed by atoms with Gasteiger partial charge < -0.3 is 9.64 Å². The first-order valence-electron chi connectivity index (χ1n) is 7.76. The number of aryl methyl sites for hydroxylation is 2. The number of aromatic nitrogens is 5. The smallest absolute Gasteiger partial charge is 0.276 e. The Bertz CT molecular complexity index is 903. The van der Waals surface area contributed by atoms with Crippen LogP contribution in [0.25, 0.3) is 5.65 Å². The molecule has 9 heteroatoms. The third-order valence-corrected chi connectivity index (χ3v) is 4.08. The molecule has 1 amide bonds. The Morgan fingerprint density at radius 1 is 1.36 bits per heavy atom. The summed E-state index contributed by atoms with van der Waals surface area (Å²) in [5.41, 5.74) is 2.49. The second kappa shape index (κ2) is 7.20. The highest BCUT2D eigenvalue weighted by Gasteiger charge is 2.24. The lowest BCUT2D eigenvalue weighted by molar-refractivity contribution is 0.0674. The molecule has 0 saturated heterocycles. The predicted molar refractivity (Wildman–Crippen MR) is 92.6 cm³/mol. The van der Waals surface area contributed by atoms with Gasteiger partial charge in [0.1, 0.15) is 5.02 Å². The topological polar surface area (TPSA) is 77.5 Å². The standard InChI is InChI=1S/C16H19ClN6O2/c1-11-6-18-15-13(17)14(20-23(15)8-11)16(24)22(4-5-25-3)10-12-7-19-21(2)9-12/h6-9H,4-5,10H2,1-3H3. The SMILES string of the molecule is COCCN(Cc1cnn(C)c1)C(=O)c1nn2cc(C)cnc2c1Cl. The van der Waals surface area contributed by atoms with Crippen LogP contribution in [-0.2, 0) is 18.3 Å². The van der Waals surface area contributed by atoms with Crippen molar-refractivity contribution in [2.75, 3.05) is 20.3 Å². The highest BCUT2D eigenvalue weighted by atomic mass is 35.5. The number of hydrogen-bond acceptors (Lipinski definition) is 5. The summed E-state index contributed by atoms with van der Waals surface area (Å²) in [5, 5.41) is 8.70. The van der Waals surface area contributed by atoms with Crippen molar-refractivity contribution in [1.82, 2.24) is 29.3 Å². The number of ether oxygens (including phenoxy) is 1. The molecule has 8 nitrogen and oxygen atoms in total. The van der Waals surface area contributed by atoms with Gasteiger partial charge in [-0.2, -0.15) is 10.2 Å². The highest BCUT2D eigenvalue weighted by Crippen LogP contribution is 2.22. The summed E-state index contributed by atoms with van der Waals surface area (Å²) in [6.07, 6.45) is 7.06. The van der Waals surface area contributed by atoms with Crippen LogP contribution < -0.4 is 0 Å². The lowest BCUT2D eigenvalue weighted by Crippen LogP contribution is -2.33. The molecule has 132 valence electrons. The van der Waals surface area contributed by atoms with E-state index in [0.717, 1.165) is 11.1 Å². The molecule has 0 aliphatic carbocycles. The van der Waals surface area contributed by atoms with Crippen LogP contribution in [0.15, 0.2) is 24.8 Å². The van der Waals surface area contributed by atoms with Crippen molar-refractivity contribution in [3.8, 4) is 0 Å². The van der Waals surface area contributed by atoms with Crippen molar-refractivity contribution in [3.63, 3.8) is 0 Å². The quantitative estimate of drug-likeness (QED) is 0.667. The minimum absolute atomic E-state index is 0.180. The van der Waals surface area contributed by atoms with Crippen molar-refractivity contribution in [2.45, 2.75) is 13.5 Å². The van der Waals surface area contributed by atoms with Crippen LogP contribution in [-0.4, -0.2) is 55.4 Å². The average molecular weight is 363 g/mol. The van der Waals surface area contributed by atoms with Crippen LogP contribution in [0.5, 0.6) is 0 Å². The largest absolute Gasteiger partial charge is 0.383 e. The molecular weight excluding hydrogens is 344 g/mol. The fourth-order valence-electron chi connectivity index (χ4n) is 2.51. The molecule has 0 radical (unpaired) electrons. The zero-order valence-corrected chi connectivity index (χ0v) is 15.1. The van der Waals surface area contributed by atoms with Gasteiger partial charge >= 0.3 is 0 Å². The van der Waals surface area contributed by atoms with Crippen molar-refractivity contribution in [2.24, 2.45) is 7.05 Å². The van der Waals surface area contributed by atoms with Crippen LogP contribution in [0.4, 0.5) is 0 Å². The number of rotatable bonds is 6. The maximum absolute atomic E-state index is 13.0. The van der Waals surface area contributed by atoms with E-state index >= 15 is 0 Å². The minimum Gasteiger partial charge on any atom is -0.383 e. The summed E-state index contributed by atoms with van der Waals surface area (Å²) in [5.74, 6) is -0.269. The van der Waals surface area contributed by atoms with Crippen LogP contribution in [0.2, 0.25) is 5.02 Å². The molecule has 0 aliphatic heterocycles. The third-order valence-electron chi connectivity index (χ3n) is 3.73. The molecule has 0 atom stereocenters. The monoisotopic (exact) mass is 362 g/mol. The Morgan fingerprint density at radius 2 is 2.16 bits per heavy atom. The lowest BCUT2D eigenvalue weighted by Gasteiger charge is -2.20. The van der Waals surface area contributed by atoms with E-state index in [1.54, 1.807) is 35.3 Å². The summed E-state index contributed by atoms with van der Waals surface area (Å²) in [7, 11) is 3.43. The number of amides is 1. The molecule has 3 aromatic heterocycles. The molecule has 3 aromatic rings. The normalized spacial score (nSPS) is 11.2. The van der Waals surface area contributed by atoms with E-state index < -0.39 is 0 Å². The fraction of sp³-hybridized carbons (Fsp3) is 0.375. The Balaban J connectivity index is 1.92. The van der Waals surface area contributed by atoms with E-state index in [0.29, 0.717) is 25.3 Å². The van der Waals surface area contributed by atoms with Crippen LogP contribution in [0.1, 0.15) is 21.6 Å². The van der Waals surface area contributed by atoms with Gasteiger partial charge in [0.2, 0.25) is 0 Å². The number of hydrogen-bond donors (Lipinski definition) is 0. The van der Waals surface area contributed by atoms with E-state index in [1.165, 1.54) is 4.52 Å². The summed E-state index contributed by atoms with van der Waals surface area (Å²) in [6.45, 7) is 3.12. The Kier molecular flexibility index (Phi) is 5.00. The van der Waals surface area contributed by atoms with Gasteiger partial charge in [0.15, 0.2) is 11.3 Å². The van der Waals surface area contributed by atoms with Gasteiger partial charge in [-0.15, -0.1) is 0 Å². The molecular formula is C16H19ClN6O2. The molecule has 0 spiro atoms. The second-order valence-corrected chi connectivity index (χ2v) is 6.18. The molecule has 0 N–H and O–H groups in total. The minimum atomic E-state index is -0.269. The maximum Gasteiger partial charge on any atom is 0.276 e. The van der Waals surface area contributed by atoms with Crippen molar-refractivity contribution in [1.29, 1.82) is 0 Å². The molecule has 0 bridgehead atoms. The van der Waals surface area contributed by atoms with Gasteiger partial charge in [-0.25, -0.2) is 9.50 Å². The Hall–Kier alpha value is -2.45. The zero-order valence-electron chi connectivity index (χ0n) is 14.3. The van der Waals surface area contributed by atoms with Crippen molar-refractivity contribution < 1.29 is 9.53 Å². The predicted octanol–water partition coefficient (Wildman–Crippen LogP) is 1.71.